The van der Waals surface area contributed by atoms with Crippen molar-refractivity contribution in [2.45, 2.75) is 39.3 Å². The van der Waals surface area contributed by atoms with E-state index in [1.165, 1.54) is 19.4 Å². The molecule has 0 aliphatic carbocycles. The molecule has 0 aromatic carbocycles. The first-order valence-electron chi connectivity index (χ1n) is 7.34. The summed E-state index contributed by atoms with van der Waals surface area (Å²) in [6, 6.07) is 1.37. The van der Waals surface area contributed by atoms with Crippen molar-refractivity contribution in [1.82, 2.24) is 15.2 Å². The fraction of sp³-hybridized carbons (Fsp3) is 0.786. The van der Waals surface area contributed by atoms with Crippen molar-refractivity contribution >= 4 is 6.01 Å². The van der Waals surface area contributed by atoms with Crippen molar-refractivity contribution < 1.29 is 4.42 Å². The van der Waals surface area contributed by atoms with E-state index in [1.54, 1.807) is 6.26 Å². The van der Waals surface area contributed by atoms with Crippen molar-refractivity contribution in [3.63, 3.8) is 0 Å². The Hall–Kier alpha value is -1.07. The summed E-state index contributed by atoms with van der Waals surface area (Å²) in [7, 11) is 2.06. The molecule has 2 heterocycles. The van der Waals surface area contributed by atoms with E-state index in [0.717, 1.165) is 37.9 Å². The quantitative estimate of drug-likeness (QED) is 0.814. The van der Waals surface area contributed by atoms with Gasteiger partial charge in [-0.05, 0) is 32.5 Å². The third-order valence-corrected chi connectivity index (χ3v) is 3.81. The lowest BCUT2D eigenvalue weighted by molar-refractivity contribution is 0.268. The topological polar surface area (TPSA) is 44.5 Å². The summed E-state index contributed by atoms with van der Waals surface area (Å²) in [6.07, 6.45) is 4.34. The number of hydrogen-bond acceptors (Lipinski definition) is 5. The van der Waals surface area contributed by atoms with Gasteiger partial charge in [-0.15, -0.1) is 0 Å². The van der Waals surface area contributed by atoms with Crippen LogP contribution in [0.5, 0.6) is 0 Å². The van der Waals surface area contributed by atoms with Crippen LogP contribution in [0.1, 0.15) is 32.4 Å². The summed E-state index contributed by atoms with van der Waals surface area (Å²) < 4.78 is 5.56. The van der Waals surface area contributed by atoms with Gasteiger partial charge in [-0.2, -0.15) is 4.98 Å². The van der Waals surface area contributed by atoms with E-state index in [0.29, 0.717) is 6.04 Å². The van der Waals surface area contributed by atoms with Gasteiger partial charge in [0.25, 0.3) is 6.01 Å². The van der Waals surface area contributed by atoms with Crippen LogP contribution < -0.4 is 10.2 Å². The van der Waals surface area contributed by atoms with Crippen LogP contribution in [-0.2, 0) is 6.54 Å². The molecule has 1 aromatic rings. The molecule has 1 aliphatic rings. The maximum absolute atomic E-state index is 5.56. The zero-order chi connectivity index (χ0) is 13.7. The summed E-state index contributed by atoms with van der Waals surface area (Å²) in [6.45, 7) is 9.41. The monoisotopic (exact) mass is 266 g/mol. The Morgan fingerprint density at radius 3 is 3.11 bits per heavy atom. The molecule has 0 bridgehead atoms. The maximum atomic E-state index is 5.56. The van der Waals surface area contributed by atoms with Crippen LogP contribution in [0.3, 0.4) is 0 Å². The van der Waals surface area contributed by atoms with Crippen molar-refractivity contribution in [1.29, 1.82) is 0 Å². The number of anilines is 1. The molecule has 0 saturated carbocycles. The highest BCUT2D eigenvalue weighted by molar-refractivity contribution is 5.26. The molecule has 0 spiro atoms. The van der Waals surface area contributed by atoms with Crippen LogP contribution >= 0.6 is 0 Å². The molecule has 1 saturated heterocycles. The van der Waals surface area contributed by atoms with Crippen LogP contribution in [0.2, 0.25) is 0 Å². The number of aromatic nitrogens is 1. The summed E-state index contributed by atoms with van der Waals surface area (Å²) in [5.41, 5.74) is 0.975. The minimum Gasteiger partial charge on any atom is -0.432 e. The molecule has 1 fully saturated rings. The standard InChI is InChI=1S/C14H26N4O/c1-4-15-9-12-11-19-14(16-12)17(3)10-13-7-6-8-18(13)5-2/h11,13,15H,4-10H2,1-3H3. The summed E-state index contributed by atoms with van der Waals surface area (Å²) in [5, 5.41) is 3.26. The van der Waals surface area contributed by atoms with Gasteiger partial charge in [0.05, 0.1) is 5.69 Å². The molecule has 2 rings (SSSR count). The van der Waals surface area contributed by atoms with Gasteiger partial charge in [-0.1, -0.05) is 13.8 Å². The van der Waals surface area contributed by atoms with Gasteiger partial charge >= 0.3 is 0 Å². The third kappa shape index (κ3) is 3.70. The third-order valence-electron chi connectivity index (χ3n) is 3.81. The number of nitrogens with zero attached hydrogens (tertiary/aromatic N) is 3. The molecule has 0 radical (unpaired) electrons. The fourth-order valence-corrected chi connectivity index (χ4v) is 2.72. The van der Waals surface area contributed by atoms with Crippen LogP contribution in [0.15, 0.2) is 10.7 Å². The Morgan fingerprint density at radius 2 is 2.37 bits per heavy atom. The molecule has 1 aliphatic heterocycles. The van der Waals surface area contributed by atoms with Crippen molar-refractivity contribution in [2.75, 3.05) is 38.1 Å². The average Bonchev–Trinajstić information content (AvgIpc) is 3.04. The van der Waals surface area contributed by atoms with E-state index >= 15 is 0 Å². The lowest BCUT2D eigenvalue weighted by Gasteiger charge is -2.26. The van der Waals surface area contributed by atoms with E-state index in [9.17, 15) is 0 Å². The smallest absolute Gasteiger partial charge is 0.297 e. The maximum Gasteiger partial charge on any atom is 0.297 e. The highest BCUT2D eigenvalue weighted by atomic mass is 16.4. The van der Waals surface area contributed by atoms with E-state index < -0.39 is 0 Å². The van der Waals surface area contributed by atoms with Gasteiger partial charge in [0, 0.05) is 26.2 Å². The highest BCUT2D eigenvalue weighted by Crippen LogP contribution is 2.20. The van der Waals surface area contributed by atoms with Gasteiger partial charge in [0.1, 0.15) is 6.26 Å². The molecular formula is C14H26N4O. The molecule has 0 amide bonds. The number of rotatable bonds is 7. The Balaban J connectivity index is 1.88. The largest absolute Gasteiger partial charge is 0.432 e. The first-order chi connectivity index (χ1) is 9.24. The lowest BCUT2D eigenvalue weighted by atomic mass is 10.2. The second-order valence-corrected chi connectivity index (χ2v) is 5.21. The normalized spacial score (nSPS) is 20.1. The summed E-state index contributed by atoms with van der Waals surface area (Å²) in [5.74, 6) is 0. The van der Waals surface area contributed by atoms with E-state index in [1.807, 2.05) is 0 Å². The van der Waals surface area contributed by atoms with Crippen LogP contribution in [0.4, 0.5) is 6.01 Å². The van der Waals surface area contributed by atoms with Crippen molar-refractivity contribution in [2.24, 2.45) is 0 Å². The van der Waals surface area contributed by atoms with Crippen molar-refractivity contribution in [3.05, 3.63) is 12.0 Å². The van der Waals surface area contributed by atoms with E-state index in [4.69, 9.17) is 4.42 Å². The lowest BCUT2D eigenvalue weighted by Crippen LogP contribution is -2.38. The number of likely N-dealkylation sites (tertiary alicyclic amines) is 1. The van der Waals surface area contributed by atoms with Gasteiger partial charge in [-0.25, -0.2) is 0 Å². The zero-order valence-corrected chi connectivity index (χ0v) is 12.4. The SMILES string of the molecule is CCNCc1coc(N(C)CC2CCCN2CC)n1. The van der Waals surface area contributed by atoms with Gasteiger partial charge in [0.15, 0.2) is 0 Å². The second-order valence-electron chi connectivity index (χ2n) is 5.21. The Kier molecular flexibility index (Phi) is 5.22. The predicted octanol–water partition coefficient (Wildman–Crippen LogP) is 1.70. The number of oxazole rings is 1. The minimum absolute atomic E-state index is 0.638. The van der Waals surface area contributed by atoms with Gasteiger partial charge < -0.3 is 14.6 Å². The highest BCUT2D eigenvalue weighted by Gasteiger charge is 2.25. The summed E-state index contributed by atoms with van der Waals surface area (Å²) >= 11 is 0. The van der Waals surface area contributed by atoms with E-state index in [2.05, 4.69) is 41.0 Å². The molecule has 108 valence electrons. The second kappa shape index (κ2) is 6.91. The Morgan fingerprint density at radius 1 is 1.53 bits per heavy atom. The molecular weight excluding hydrogens is 240 g/mol. The number of nitrogens with one attached hydrogen (secondary N) is 1. The Labute approximate surface area is 116 Å². The molecule has 5 nitrogen and oxygen atoms in total. The first kappa shape index (κ1) is 14.3. The van der Waals surface area contributed by atoms with Crippen LogP contribution in [0, 0.1) is 0 Å². The number of likely N-dealkylation sites (N-methyl/N-ethyl adjacent to an activating group) is 2. The first-order valence-corrected chi connectivity index (χ1v) is 7.34. The van der Waals surface area contributed by atoms with Crippen LogP contribution in [0.25, 0.3) is 0 Å². The number of hydrogen-bond donors (Lipinski definition) is 1. The zero-order valence-electron chi connectivity index (χ0n) is 12.4. The van der Waals surface area contributed by atoms with Crippen molar-refractivity contribution in [3.8, 4) is 0 Å². The molecule has 19 heavy (non-hydrogen) atoms. The van der Waals surface area contributed by atoms with E-state index in [-0.39, 0.29) is 0 Å². The summed E-state index contributed by atoms with van der Waals surface area (Å²) in [4.78, 5) is 9.19. The molecule has 1 atom stereocenters. The van der Waals surface area contributed by atoms with Gasteiger partial charge in [-0.3, -0.25) is 4.90 Å². The average molecular weight is 266 g/mol. The fourth-order valence-electron chi connectivity index (χ4n) is 2.72. The van der Waals surface area contributed by atoms with Gasteiger partial charge in [0.2, 0.25) is 0 Å². The Bertz CT molecular complexity index is 379. The molecule has 5 heteroatoms. The molecule has 1 aromatic heterocycles. The predicted molar refractivity (Wildman–Crippen MR) is 77.4 cm³/mol. The minimum atomic E-state index is 0.638. The molecule has 1 unspecified atom stereocenters. The van der Waals surface area contributed by atoms with Crippen LogP contribution in [-0.4, -0.2) is 49.2 Å². The molecule has 1 N–H and O–H groups in total.